The Labute approximate surface area is 145 Å². The van der Waals surface area contributed by atoms with Gasteiger partial charge in [-0.2, -0.15) is 5.16 Å². The van der Waals surface area contributed by atoms with E-state index in [2.05, 4.69) is 15.8 Å². The summed E-state index contributed by atoms with van der Waals surface area (Å²) in [5, 5.41) is 7.89. The van der Waals surface area contributed by atoms with Gasteiger partial charge in [0.25, 0.3) is 11.5 Å². The first kappa shape index (κ1) is 18.5. The van der Waals surface area contributed by atoms with E-state index in [0.717, 1.165) is 0 Å². The van der Waals surface area contributed by atoms with E-state index in [-0.39, 0.29) is 29.3 Å². The molecule has 0 spiro atoms. The standard InChI is InChI=1S/C18H23N3O4/c1-11-13(17(24)20-18(2,3)4)6-5-7-14(11)19-15(22)9-8-12-10-16(23)21-25-12/h5-7,10H,8-9H2,1-4H3,(H,19,22)(H,20,24)(H,21,23). The molecule has 0 aliphatic carbocycles. The molecule has 0 atom stereocenters. The maximum atomic E-state index is 12.4. The van der Waals surface area contributed by atoms with Crippen LogP contribution in [0, 0.1) is 6.92 Å². The molecule has 1 heterocycles. The fourth-order valence-corrected chi connectivity index (χ4v) is 2.32. The van der Waals surface area contributed by atoms with Crippen LogP contribution in [0.15, 0.2) is 33.6 Å². The molecule has 0 radical (unpaired) electrons. The van der Waals surface area contributed by atoms with Crippen LogP contribution >= 0.6 is 0 Å². The summed E-state index contributed by atoms with van der Waals surface area (Å²) in [6.07, 6.45) is 0.479. The van der Waals surface area contributed by atoms with Gasteiger partial charge in [0.1, 0.15) is 5.76 Å². The molecule has 7 nitrogen and oxygen atoms in total. The summed E-state index contributed by atoms with van der Waals surface area (Å²) in [6.45, 7) is 7.51. The summed E-state index contributed by atoms with van der Waals surface area (Å²) < 4.78 is 4.92. The van der Waals surface area contributed by atoms with Crippen molar-refractivity contribution in [3.8, 4) is 0 Å². The van der Waals surface area contributed by atoms with Gasteiger partial charge in [0.05, 0.1) is 0 Å². The van der Waals surface area contributed by atoms with Crippen LogP contribution in [0.3, 0.4) is 0 Å². The normalized spacial score (nSPS) is 11.2. The minimum Gasteiger partial charge on any atom is -0.384 e. The zero-order valence-corrected chi connectivity index (χ0v) is 14.9. The Hall–Kier alpha value is -2.83. The van der Waals surface area contributed by atoms with Gasteiger partial charge in [-0.05, 0) is 45.4 Å². The summed E-state index contributed by atoms with van der Waals surface area (Å²) in [4.78, 5) is 35.5. The Kier molecular flexibility index (Phi) is 5.46. The Morgan fingerprint density at radius 2 is 1.96 bits per heavy atom. The number of amides is 2. The molecule has 0 aliphatic rings. The Morgan fingerprint density at radius 3 is 2.56 bits per heavy atom. The lowest BCUT2D eigenvalue weighted by Crippen LogP contribution is -2.40. The molecule has 134 valence electrons. The van der Waals surface area contributed by atoms with Gasteiger partial charge >= 0.3 is 0 Å². The second-order valence-corrected chi connectivity index (χ2v) is 6.91. The molecule has 0 fully saturated rings. The second-order valence-electron chi connectivity index (χ2n) is 6.91. The number of carbonyl (C=O) groups is 2. The maximum Gasteiger partial charge on any atom is 0.280 e. The first-order chi connectivity index (χ1) is 11.7. The maximum absolute atomic E-state index is 12.4. The summed E-state index contributed by atoms with van der Waals surface area (Å²) in [5.41, 5.74) is 1.13. The molecule has 7 heteroatoms. The molecular formula is C18H23N3O4. The summed E-state index contributed by atoms with van der Waals surface area (Å²) in [6, 6.07) is 6.51. The summed E-state index contributed by atoms with van der Waals surface area (Å²) >= 11 is 0. The fraction of sp³-hybridized carbons (Fsp3) is 0.389. The van der Waals surface area contributed by atoms with Crippen molar-refractivity contribution in [2.45, 2.75) is 46.1 Å². The predicted molar refractivity (Wildman–Crippen MR) is 94.7 cm³/mol. The number of anilines is 1. The molecule has 1 aromatic carbocycles. The molecule has 0 saturated carbocycles. The Balaban J connectivity index is 2.04. The average Bonchev–Trinajstić information content (AvgIpc) is 2.91. The smallest absolute Gasteiger partial charge is 0.280 e. The quantitative estimate of drug-likeness (QED) is 0.774. The van der Waals surface area contributed by atoms with Crippen molar-refractivity contribution in [3.05, 3.63) is 51.5 Å². The van der Waals surface area contributed by atoms with Gasteiger partial charge in [0.2, 0.25) is 5.91 Å². The zero-order chi connectivity index (χ0) is 18.6. The SMILES string of the molecule is Cc1c(NC(=O)CCc2cc(=O)[nH]o2)cccc1C(=O)NC(C)(C)C. The van der Waals surface area contributed by atoms with Gasteiger partial charge < -0.3 is 15.2 Å². The molecule has 0 saturated heterocycles. The highest BCUT2D eigenvalue weighted by atomic mass is 16.5. The first-order valence-electron chi connectivity index (χ1n) is 8.05. The summed E-state index contributed by atoms with van der Waals surface area (Å²) in [7, 11) is 0. The minimum atomic E-state index is -0.344. The second kappa shape index (κ2) is 7.38. The number of carbonyl (C=O) groups excluding carboxylic acids is 2. The van der Waals surface area contributed by atoms with Crippen LogP contribution in [-0.4, -0.2) is 22.5 Å². The van der Waals surface area contributed by atoms with Crippen molar-refractivity contribution in [3.63, 3.8) is 0 Å². The van der Waals surface area contributed by atoms with E-state index in [4.69, 9.17) is 4.52 Å². The lowest BCUT2D eigenvalue weighted by molar-refractivity contribution is -0.116. The lowest BCUT2D eigenvalue weighted by Gasteiger charge is -2.21. The number of hydrogen-bond acceptors (Lipinski definition) is 4. The molecule has 2 amide bonds. The first-order valence-corrected chi connectivity index (χ1v) is 8.05. The van der Waals surface area contributed by atoms with E-state index in [1.165, 1.54) is 6.07 Å². The highest BCUT2D eigenvalue weighted by molar-refractivity contribution is 5.99. The number of aryl methyl sites for hydroxylation is 1. The van der Waals surface area contributed by atoms with Crippen LogP contribution in [0.5, 0.6) is 0 Å². The van der Waals surface area contributed by atoms with Gasteiger partial charge in [-0.15, -0.1) is 0 Å². The Morgan fingerprint density at radius 1 is 1.24 bits per heavy atom. The molecule has 0 bridgehead atoms. The number of rotatable bonds is 5. The molecule has 2 aromatic rings. The van der Waals surface area contributed by atoms with Crippen LogP contribution < -0.4 is 16.2 Å². The highest BCUT2D eigenvalue weighted by Gasteiger charge is 2.18. The van der Waals surface area contributed by atoms with Crippen LogP contribution in [0.2, 0.25) is 0 Å². The predicted octanol–water partition coefficient (Wildman–Crippen LogP) is 2.38. The van der Waals surface area contributed by atoms with Gasteiger partial charge in [-0.3, -0.25) is 14.4 Å². The number of aromatic amines is 1. The molecule has 2 rings (SSSR count). The van der Waals surface area contributed by atoms with Crippen molar-refractivity contribution in [1.29, 1.82) is 0 Å². The van der Waals surface area contributed by atoms with E-state index < -0.39 is 0 Å². The minimum absolute atomic E-state index is 0.165. The third-order valence-electron chi connectivity index (χ3n) is 3.51. The van der Waals surface area contributed by atoms with Crippen LogP contribution in [0.1, 0.15) is 48.9 Å². The number of benzene rings is 1. The number of nitrogens with one attached hydrogen (secondary N) is 3. The van der Waals surface area contributed by atoms with Crippen LogP contribution in [0.4, 0.5) is 5.69 Å². The van der Waals surface area contributed by atoms with Crippen LogP contribution in [-0.2, 0) is 11.2 Å². The molecule has 25 heavy (non-hydrogen) atoms. The number of aromatic nitrogens is 1. The third-order valence-corrected chi connectivity index (χ3v) is 3.51. The van der Waals surface area contributed by atoms with Gasteiger partial charge in [-0.25, -0.2) is 0 Å². The molecule has 3 N–H and O–H groups in total. The van der Waals surface area contributed by atoms with Gasteiger partial charge in [0.15, 0.2) is 0 Å². The molecule has 0 aliphatic heterocycles. The molecule has 0 unspecified atom stereocenters. The molecule has 1 aromatic heterocycles. The topological polar surface area (TPSA) is 104 Å². The van der Waals surface area contributed by atoms with Crippen molar-refractivity contribution >= 4 is 17.5 Å². The third kappa shape index (κ3) is 5.34. The van der Waals surface area contributed by atoms with E-state index in [1.54, 1.807) is 25.1 Å². The zero-order valence-electron chi connectivity index (χ0n) is 14.9. The lowest BCUT2D eigenvalue weighted by atomic mass is 10.0. The average molecular weight is 345 g/mol. The van der Waals surface area contributed by atoms with E-state index >= 15 is 0 Å². The van der Waals surface area contributed by atoms with Gasteiger partial charge in [0, 0.05) is 35.7 Å². The fourth-order valence-electron chi connectivity index (χ4n) is 2.32. The molecular weight excluding hydrogens is 322 g/mol. The van der Waals surface area contributed by atoms with Crippen molar-refractivity contribution in [2.24, 2.45) is 0 Å². The van der Waals surface area contributed by atoms with E-state index in [1.807, 2.05) is 20.8 Å². The van der Waals surface area contributed by atoms with E-state index in [9.17, 15) is 14.4 Å². The monoisotopic (exact) mass is 345 g/mol. The Bertz CT molecular complexity index is 827. The number of hydrogen-bond donors (Lipinski definition) is 3. The number of H-pyrrole nitrogens is 1. The largest absolute Gasteiger partial charge is 0.384 e. The summed E-state index contributed by atoms with van der Waals surface area (Å²) in [5.74, 6) is 0.0192. The van der Waals surface area contributed by atoms with Crippen molar-refractivity contribution in [2.75, 3.05) is 5.32 Å². The van der Waals surface area contributed by atoms with Crippen molar-refractivity contribution < 1.29 is 14.1 Å². The van der Waals surface area contributed by atoms with Crippen LogP contribution in [0.25, 0.3) is 0 Å². The highest BCUT2D eigenvalue weighted by Crippen LogP contribution is 2.20. The van der Waals surface area contributed by atoms with E-state index in [0.29, 0.717) is 29.0 Å². The van der Waals surface area contributed by atoms with Gasteiger partial charge in [-0.1, -0.05) is 6.07 Å². The van der Waals surface area contributed by atoms with Crippen molar-refractivity contribution in [1.82, 2.24) is 10.5 Å².